The number of nitrogens with one attached hydrogen (secondary N) is 1. The maximum atomic E-state index is 12.8. The molecule has 0 bridgehead atoms. The number of halogens is 3. The van der Waals surface area contributed by atoms with Crippen LogP contribution in [0, 0.1) is 5.82 Å². The third-order valence-electron chi connectivity index (χ3n) is 2.21. The van der Waals surface area contributed by atoms with Crippen LogP contribution in [0.2, 0.25) is 10.0 Å². The van der Waals surface area contributed by atoms with Crippen LogP contribution in [-0.4, -0.2) is 6.09 Å². The third kappa shape index (κ3) is 3.59. The van der Waals surface area contributed by atoms with Crippen molar-refractivity contribution in [3.63, 3.8) is 0 Å². The number of anilines is 1. The van der Waals surface area contributed by atoms with Crippen molar-refractivity contribution in [3.05, 3.63) is 58.3 Å². The number of carbonyl (C=O) groups is 1. The second-order valence-electron chi connectivity index (χ2n) is 3.57. The van der Waals surface area contributed by atoms with Gasteiger partial charge in [0.25, 0.3) is 0 Å². The van der Waals surface area contributed by atoms with Gasteiger partial charge in [0, 0.05) is 0 Å². The summed E-state index contributed by atoms with van der Waals surface area (Å²) in [5, 5.41) is 2.84. The van der Waals surface area contributed by atoms with Crippen LogP contribution < -0.4 is 10.1 Å². The molecule has 1 N–H and O–H groups in total. The van der Waals surface area contributed by atoms with Crippen molar-refractivity contribution in [2.45, 2.75) is 0 Å². The van der Waals surface area contributed by atoms with Gasteiger partial charge in [-0.15, -0.1) is 0 Å². The van der Waals surface area contributed by atoms with Gasteiger partial charge in [0.2, 0.25) is 0 Å². The van der Waals surface area contributed by atoms with E-state index in [-0.39, 0.29) is 10.8 Å². The Kier molecular flexibility index (Phi) is 4.24. The van der Waals surface area contributed by atoms with Gasteiger partial charge in [0.05, 0.1) is 15.7 Å². The van der Waals surface area contributed by atoms with Gasteiger partial charge in [-0.05, 0) is 30.3 Å². The summed E-state index contributed by atoms with van der Waals surface area (Å²) >= 11 is 11.6. The standard InChI is InChI=1S/C13H8Cl2FNO2/c14-9-3-1-2-4-11(9)17-13(18)19-12-6-5-8(16)7-10(12)15/h1-7H,(H,17,18). The fraction of sp³-hybridized carbons (Fsp3) is 0. The number of hydrogen-bond acceptors (Lipinski definition) is 2. The van der Waals surface area contributed by atoms with Crippen LogP contribution in [0.15, 0.2) is 42.5 Å². The molecule has 3 nitrogen and oxygen atoms in total. The highest BCUT2D eigenvalue weighted by atomic mass is 35.5. The van der Waals surface area contributed by atoms with E-state index >= 15 is 0 Å². The number of amides is 1. The van der Waals surface area contributed by atoms with Crippen LogP contribution in [0.4, 0.5) is 14.9 Å². The fourth-order valence-corrected chi connectivity index (χ4v) is 1.74. The minimum atomic E-state index is -0.762. The molecule has 0 aromatic heterocycles. The molecule has 19 heavy (non-hydrogen) atoms. The van der Waals surface area contributed by atoms with Gasteiger partial charge in [0.15, 0.2) is 5.75 Å². The number of benzene rings is 2. The molecule has 0 aliphatic carbocycles. The summed E-state index contributed by atoms with van der Waals surface area (Å²) in [6.07, 6.45) is -0.762. The number of para-hydroxylation sites is 1. The van der Waals surface area contributed by atoms with E-state index in [1.54, 1.807) is 24.3 Å². The Morgan fingerprint density at radius 2 is 1.84 bits per heavy atom. The SMILES string of the molecule is O=C(Nc1ccccc1Cl)Oc1ccc(F)cc1Cl. The highest BCUT2D eigenvalue weighted by Gasteiger charge is 2.10. The van der Waals surface area contributed by atoms with Crippen molar-refractivity contribution in [2.75, 3.05) is 5.32 Å². The Balaban J connectivity index is 2.08. The molecule has 0 atom stereocenters. The summed E-state index contributed by atoms with van der Waals surface area (Å²) in [6, 6.07) is 10.2. The topological polar surface area (TPSA) is 38.3 Å². The summed E-state index contributed by atoms with van der Waals surface area (Å²) in [4.78, 5) is 11.6. The van der Waals surface area contributed by atoms with Crippen molar-refractivity contribution < 1.29 is 13.9 Å². The molecule has 0 aliphatic heterocycles. The van der Waals surface area contributed by atoms with Crippen LogP contribution in [0.25, 0.3) is 0 Å². The summed E-state index contributed by atoms with van der Waals surface area (Å²) in [5.41, 5.74) is 0.410. The first-order valence-electron chi connectivity index (χ1n) is 5.24. The fourth-order valence-electron chi connectivity index (χ4n) is 1.36. The lowest BCUT2D eigenvalue weighted by atomic mass is 10.3. The predicted molar refractivity (Wildman–Crippen MR) is 72.5 cm³/mol. The molecule has 2 aromatic carbocycles. The van der Waals surface area contributed by atoms with E-state index < -0.39 is 11.9 Å². The molecule has 2 aromatic rings. The van der Waals surface area contributed by atoms with E-state index in [0.29, 0.717) is 10.7 Å². The Labute approximate surface area is 118 Å². The zero-order valence-corrected chi connectivity index (χ0v) is 11.0. The molecular formula is C13H8Cl2FNO2. The number of rotatable bonds is 2. The molecule has 0 fully saturated rings. The van der Waals surface area contributed by atoms with Gasteiger partial charge in [-0.1, -0.05) is 35.3 Å². The first-order chi connectivity index (χ1) is 9.06. The highest BCUT2D eigenvalue weighted by molar-refractivity contribution is 6.33. The van der Waals surface area contributed by atoms with E-state index in [9.17, 15) is 9.18 Å². The second-order valence-corrected chi connectivity index (χ2v) is 4.38. The number of carbonyl (C=O) groups excluding carboxylic acids is 1. The Morgan fingerprint density at radius 1 is 1.11 bits per heavy atom. The summed E-state index contributed by atoms with van der Waals surface area (Å²) < 4.78 is 17.8. The summed E-state index contributed by atoms with van der Waals surface area (Å²) in [6.45, 7) is 0. The molecular weight excluding hydrogens is 292 g/mol. The minimum absolute atomic E-state index is 0.00862. The summed E-state index contributed by atoms with van der Waals surface area (Å²) in [5.74, 6) is -0.448. The van der Waals surface area contributed by atoms with Crippen molar-refractivity contribution in [2.24, 2.45) is 0 Å². The molecule has 0 spiro atoms. The second kappa shape index (κ2) is 5.91. The quantitative estimate of drug-likeness (QED) is 0.869. The molecule has 0 saturated heterocycles. The van der Waals surface area contributed by atoms with Crippen LogP contribution in [-0.2, 0) is 0 Å². The lowest BCUT2D eigenvalue weighted by molar-refractivity contribution is 0.215. The van der Waals surface area contributed by atoms with E-state index in [0.717, 1.165) is 12.1 Å². The molecule has 0 radical (unpaired) electrons. The molecule has 0 heterocycles. The Morgan fingerprint density at radius 3 is 2.53 bits per heavy atom. The van der Waals surface area contributed by atoms with Gasteiger partial charge in [-0.3, -0.25) is 5.32 Å². The first-order valence-corrected chi connectivity index (χ1v) is 6.00. The molecule has 2 rings (SSSR count). The van der Waals surface area contributed by atoms with Crippen LogP contribution in [0.5, 0.6) is 5.75 Å². The van der Waals surface area contributed by atoms with Crippen molar-refractivity contribution in [1.29, 1.82) is 0 Å². The van der Waals surface area contributed by atoms with E-state index in [1.807, 2.05) is 0 Å². The maximum absolute atomic E-state index is 12.8. The molecule has 98 valence electrons. The average Bonchev–Trinajstić information content (AvgIpc) is 2.36. The normalized spacial score (nSPS) is 10.1. The van der Waals surface area contributed by atoms with E-state index in [2.05, 4.69) is 5.32 Å². The molecule has 0 aliphatic rings. The van der Waals surface area contributed by atoms with Crippen LogP contribution in [0.1, 0.15) is 0 Å². The zero-order valence-electron chi connectivity index (χ0n) is 9.49. The van der Waals surface area contributed by atoms with E-state index in [1.165, 1.54) is 6.07 Å². The lowest BCUT2D eigenvalue weighted by Gasteiger charge is -2.08. The molecule has 6 heteroatoms. The van der Waals surface area contributed by atoms with Gasteiger partial charge >= 0.3 is 6.09 Å². The first kappa shape index (κ1) is 13.6. The van der Waals surface area contributed by atoms with Crippen molar-refractivity contribution in [1.82, 2.24) is 0 Å². The average molecular weight is 300 g/mol. The lowest BCUT2D eigenvalue weighted by Crippen LogP contribution is -2.17. The minimum Gasteiger partial charge on any atom is -0.408 e. The number of hydrogen-bond donors (Lipinski definition) is 1. The van der Waals surface area contributed by atoms with Gasteiger partial charge in [-0.25, -0.2) is 9.18 Å². The molecule has 1 amide bonds. The zero-order chi connectivity index (χ0) is 13.8. The smallest absolute Gasteiger partial charge is 0.408 e. The van der Waals surface area contributed by atoms with Crippen LogP contribution >= 0.6 is 23.2 Å². The maximum Gasteiger partial charge on any atom is 0.417 e. The van der Waals surface area contributed by atoms with E-state index in [4.69, 9.17) is 27.9 Å². The highest BCUT2D eigenvalue weighted by Crippen LogP contribution is 2.26. The summed E-state index contributed by atoms with van der Waals surface area (Å²) in [7, 11) is 0. The van der Waals surface area contributed by atoms with Crippen LogP contribution in [0.3, 0.4) is 0 Å². The largest absolute Gasteiger partial charge is 0.417 e. The number of ether oxygens (including phenoxy) is 1. The van der Waals surface area contributed by atoms with Gasteiger partial charge < -0.3 is 4.74 Å². The van der Waals surface area contributed by atoms with Gasteiger partial charge in [-0.2, -0.15) is 0 Å². The van der Waals surface area contributed by atoms with Crippen molar-refractivity contribution >= 4 is 35.0 Å². The Bertz CT molecular complexity index is 619. The monoisotopic (exact) mass is 299 g/mol. The van der Waals surface area contributed by atoms with Crippen molar-refractivity contribution in [3.8, 4) is 5.75 Å². The third-order valence-corrected chi connectivity index (χ3v) is 2.83. The molecule has 0 saturated carbocycles. The van der Waals surface area contributed by atoms with Gasteiger partial charge in [0.1, 0.15) is 5.82 Å². The predicted octanol–water partition coefficient (Wildman–Crippen LogP) is 4.74. The molecule has 0 unspecified atom stereocenters. The Hall–Kier alpha value is -1.78.